The van der Waals surface area contributed by atoms with Crippen molar-refractivity contribution in [2.24, 2.45) is 0 Å². The Morgan fingerprint density at radius 2 is 1.76 bits per heavy atom. The first-order valence-electron chi connectivity index (χ1n) is 6.28. The highest BCUT2D eigenvalue weighted by Gasteiger charge is 2.41. The maximum atomic E-state index is 12.6. The molecule has 6 heteroatoms. The molecule has 0 spiro atoms. The van der Waals surface area contributed by atoms with E-state index in [1.807, 2.05) is 30.3 Å². The Bertz CT molecular complexity index is 825. The van der Waals surface area contributed by atoms with Gasteiger partial charge in [-0.2, -0.15) is 5.26 Å². The van der Waals surface area contributed by atoms with E-state index in [9.17, 15) is 13.7 Å². The second-order valence-corrected chi connectivity index (χ2v) is 7.72. The van der Waals surface area contributed by atoms with Gasteiger partial charge >= 0.3 is 0 Å². The molecule has 0 radical (unpaired) electrons. The van der Waals surface area contributed by atoms with Gasteiger partial charge in [0.25, 0.3) is 0 Å². The zero-order valence-corrected chi connectivity index (χ0v) is 13.2. The van der Waals surface area contributed by atoms with Crippen LogP contribution in [0.3, 0.4) is 0 Å². The molecule has 1 aliphatic heterocycles. The lowest BCUT2D eigenvalue weighted by Crippen LogP contribution is -2.36. The molecule has 4 nitrogen and oxygen atoms in total. The molecule has 2 aromatic rings. The number of halogens is 1. The molecule has 3 rings (SSSR count). The maximum absolute atomic E-state index is 12.6. The molecular weight excluding hydrogens is 352 g/mol. The third-order valence-electron chi connectivity index (χ3n) is 3.50. The van der Waals surface area contributed by atoms with Crippen LogP contribution >= 0.6 is 15.9 Å². The predicted molar refractivity (Wildman–Crippen MR) is 83.5 cm³/mol. The Balaban J connectivity index is 2.16. The van der Waals surface area contributed by atoms with E-state index in [1.165, 1.54) is 6.07 Å². The minimum atomic E-state index is -3.68. The van der Waals surface area contributed by atoms with Gasteiger partial charge in [0.2, 0.25) is 0 Å². The predicted octanol–water partition coefficient (Wildman–Crippen LogP) is 3.28. The molecule has 1 N–H and O–H groups in total. The number of para-hydroxylation sites is 1. The van der Waals surface area contributed by atoms with Gasteiger partial charge in [-0.25, -0.2) is 8.42 Å². The first-order chi connectivity index (χ1) is 10.0. The van der Waals surface area contributed by atoms with Crippen molar-refractivity contribution >= 4 is 31.5 Å². The van der Waals surface area contributed by atoms with E-state index in [1.54, 1.807) is 18.2 Å². The Kier molecular flexibility index (Phi) is 3.47. The van der Waals surface area contributed by atoms with Gasteiger partial charge in [0, 0.05) is 4.47 Å². The first kappa shape index (κ1) is 14.1. The second kappa shape index (κ2) is 5.17. The summed E-state index contributed by atoms with van der Waals surface area (Å²) in [5.41, 5.74) is 1.31. The second-order valence-electron chi connectivity index (χ2n) is 4.76. The zero-order valence-electron chi connectivity index (χ0n) is 10.8. The van der Waals surface area contributed by atoms with Gasteiger partial charge in [-0.05, 0) is 29.8 Å². The molecule has 2 aromatic carbocycles. The molecule has 0 bridgehead atoms. The highest BCUT2D eigenvalue weighted by Crippen LogP contribution is 2.38. The molecule has 21 heavy (non-hydrogen) atoms. The van der Waals surface area contributed by atoms with Gasteiger partial charge in [0.1, 0.15) is 0 Å². The van der Waals surface area contributed by atoms with E-state index in [0.29, 0.717) is 5.69 Å². The van der Waals surface area contributed by atoms with Crippen LogP contribution in [-0.2, 0) is 9.84 Å². The smallest absolute Gasteiger partial charge is 0.199 e. The van der Waals surface area contributed by atoms with Crippen molar-refractivity contribution in [2.45, 2.75) is 16.2 Å². The van der Waals surface area contributed by atoms with E-state index in [4.69, 9.17) is 0 Å². The average Bonchev–Trinajstić information content (AvgIpc) is 2.47. The molecule has 0 fully saturated rings. The summed E-state index contributed by atoms with van der Waals surface area (Å²) in [6, 6.07) is 15.3. The summed E-state index contributed by atoms with van der Waals surface area (Å²) in [4.78, 5) is 0.185. The van der Waals surface area contributed by atoms with Crippen molar-refractivity contribution in [1.82, 2.24) is 0 Å². The van der Waals surface area contributed by atoms with Crippen molar-refractivity contribution < 1.29 is 8.42 Å². The number of nitrogens with one attached hydrogen (secondary N) is 1. The Hall–Kier alpha value is -1.84. The van der Waals surface area contributed by atoms with Gasteiger partial charge in [-0.15, -0.1) is 0 Å². The van der Waals surface area contributed by atoms with Gasteiger partial charge < -0.3 is 5.32 Å². The number of fused-ring (bicyclic) bond motifs is 1. The van der Waals surface area contributed by atoms with Crippen LogP contribution < -0.4 is 5.32 Å². The third kappa shape index (κ3) is 2.33. The van der Waals surface area contributed by atoms with E-state index < -0.39 is 21.1 Å². The van der Waals surface area contributed by atoms with Gasteiger partial charge in [-0.3, -0.25) is 0 Å². The van der Waals surface area contributed by atoms with Crippen molar-refractivity contribution in [2.75, 3.05) is 5.32 Å². The minimum absolute atomic E-state index is 0.185. The topological polar surface area (TPSA) is 70.0 Å². The summed E-state index contributed by atoms with van der Waals surface area (Å²) < 4.78 is 26.1. The summed E-state index contributed by atoms with van der Waals surface area (Å²) in [6.07, 6.45) is 0. The Labute approximate surface area is 131 Å². The Morgan fingerprint density at radius 1 is 1.10 bits per heavy atom. The van der Waals surface area contributed by atoms with Crippen molar-refractivity contribution in [3.8, 4) is 6.07 Å². The average molecular weight is 363 g/mol. The molecule has 0 aromatic heterocycles. The summed E-state index contributed by atoms with van der Waals surface area (Å²) in [5.74, 6) is 0. The van der Waals surface area contributed by atoms with Crippen molar-refractivity contribution in [1.29, 1.82) is 5.26 Å². The molecule has 2 atom stereocenters. The van der Waals surface area contributed by atoms with Crippen LogP contribution in [0, 0.1) is 11.3 Å². The van der Waals surface area contributed by atoms with Crippen molar-refractivity contribution in [3.05, 3.63) is 58.6 Å². The molecule has 1 heterocycles. The normalized spacial score (nSPS) is 22.7. The van der Waals surface area contributed by atoms with Crippen LogP contribution in [0.25, 0.3) is 0 Å². The van der Waals surface area contributed by atoms with E-state index >= 15 is 0 Å². The molecule has 106 valence electrons. The maximum Gasteiger partial charge on any atom is 0.199 e. The molecule has 2 unspecified atom stereocenters. The van der Waals surface area contributed by atoms with Gasteiger partial charge in [0.05, 0.1) is 22.7 Å². The molecule has 0 saturated carbocycles. The third-order valence-corrected chi connectivity index (χ3v) is 6.04. The van der Waals surface area contributed by atoms with Gasteiger partial charge in [-0.1, -0.05) is 40.2 Å². The number of nitrogens with zero attached hydrogens (tertiary/aromatic N) is 1. The van der Waals surface area contributed by atoms with E-state index in [0.717, 1.165) is 10.0 Å². The number of benzene rings is 2. The van der Waals surface area contributed by atoms with Crippen LogP contribution in [0.15, 0.2) is 57.9 Å². The van der Waals surface area contributed by atoms with Crippen LogP contribution in [0.5, 0.6) is 0 Å². The highest BCUT2D eigenvalue weighted by atomic mass is 79.9. The monoisotopic (exact) mass is 362 g/mol. The number of nitriles is 1. The molecule has 1 aliphatic rings. The highest BCUT2D eigenvalue weighted by molar-refractivity contribution is 9.10. The SMILES string of the molecule is N#CC1C(c2ccc(Br)cc2)Nc2ccccc2S1(=O)=O. The quantitative estimate of drug-likeness (QED) is 0.844. The molecule has 0 saturated heterocycles. The fourth-order valence-electron chi connectivity index (χ4n) is 2.47. The van der Waals surface area contributed by atoms with Crippen LogP contribution in [0.1, 0.15) is 11.6 Å². The lowest BCUT2D eigenvalue weighted by molar-refractivity contribution is 0.576. The van der Waals surface area contributed by atoms with E-state index in [-0.39, 0.29) is 4.90 Å². The Morgan fingerprint density at radius 3 is 2.43 bits per heavy atom. The fraction of sp³-hybridized carbons (Fsp3) is 0.133. The summed E-state index contributed by atoms with van der Waals surface area (Å²) in [5, 5.41) is 11.4. The van der Waals surface area contributed by atoms with E-state index in [2.05, 4.69) is 21.2 Å². The van der Waals surface area contributed by atoms with Crippen LogP contribution in [-0.4, -0.2) is 13.7 Å². The van der Waals surface area contributed by atoms with Gasteiger partial charge in [0.15, 0.2) is 15.1 Å². The standard InChI is InChI=1S/C15H11BrN2O2S/c16-11-7-5-10(6-8-11)15-14(9-17)21(19,20)13-4-2-1-3-12(13)18-15/h1-8,14-15,18H. The number of sulfone groups is 1. The van der Waals surface area contributed by atoms with Crippen LogP contribution in [0.2, 0.25) is 0 Å². The van der Waals surface area contributed by atoms with Crippen LogP contribution in [0.4, 0.5) is 5.69 Å². The summed E-state index contributed by atoms with van der Waals surface area (Å²) in [6.45, 7) is 0. The number of rotatable bonds is 1. The lowest BCUT2D eigenvalue weighted by atomic mass is 10.0. The zero-order chi connectivity index (χ0) is 15.0. The number of hydrogen-bond acceptors (Lipinski definition) is 4. The molecular formula is C15H11BrN2O2S. The number of anilines is 1. The number of hydrogen-bond donors (Lipinski definition) is 1. The largest absolute Gasteiger partial charge is 0.375 e. The molecule has 0 amide bonds. The van der Waals surface area contributed by atoms with Crippen molar-refractivity contribution in [3.63, 3.8) is 0 Å². The molecule has 0 aliphatic carbocycles. The fourth-order valence-corrected chi connectivity index (χ4v) is 4.43. The summed E-state index contributed by atoms with van der Waals surface area (Å²) >= 11 is 3.35. The summed E-state index contributed by atoms with van der Waals surface area (Å²) in [7, 11) is -3.68. The lowest BCUT2D eigenvalue weighted by Gasteiger charge is -2.31. The first-order valence-corrected chi connectivity index (χ1v) is 8.62. The minimum Gasteiger partial charge on any atom is -0.375 e.